The molecule has 2 unspecified atom stereocenters. The van der Waals surface area contributed by atoms with Gasteiger partial charge in [0.1, 0.15) is 5.82 Å². The number of aromatic nitrogens is 1. The lowest BCUT2D eigenvalue weighted by Crippen LogP contribution is -2.26. The third kappa shape index (κ3) is 2.74. The number of halogens is 1. The summed E-state index contributed by atoms with van der Waals surface area (Å²) in [5.74, 6) is 1.58. The Kier molecular flexibility index (Phi) is 3.82. The molecule has 0 radical (unpaired) electrons. The Bertz CT molecular complexity index is 364. The number of aryl methyl sites for hydroxylation is 1. The van der Waals surface area contributed by atoms with E-state index in [0.29, 0.717) is 12.0 Å². The van der Waals surface area contributed by atoms with Crippen LogP contribution in [0.2, 0.25) is 0 Å². The minimum absolute atomic E-state index is 0.412. The van der Waals surface area contributed by atoms with Crippen LogP contribution in [0.25, 0.3) is 0 Å². The molecule has 0 aliphatic carbocycles. The monoisotopic (exact) mass is 284 g/mol. The van der Waals surface area contributed by atoms with Crippen molar-refractivity contribution in [2.24, 2.45) is 5.92 Å². The Balaban J connectivity index is 2.02. The molecule has 1 saturated heterocycles. The summed E-state index contributed by atoms with van der Waals surface area (Å²) in [6.45, 7) is 6.02. The summed E-state index contributed by atoms with van der Waals surface area (Å²) in [4.78, 5) is 4.39. The number of nitrogens with zero attached hydrogens (tertiary/aromatic N) is 1. The largest absolute Gasteiger partial charge is 0.381 e. The summed E-state index contributed by atoms with van der Waals surface area (Å²) >= 11 is 3.42. The molecule has 0 bridgehead atoms. The Morgan fingerprint density at radius 3 is 3.06 bits per heavy atom. The molecule has 2 heterocycles. The average Bonchev–Trinajstić information content (AvgIpc) is 2.75. The molecular formula is C12H17BrN2O. The quantitative estimate of drug-likeness (QED) is 0.927. The molecule has 16 heavy (non-hydrogen) atoms. The molecule has 0 aromatic carbocycles. The van der Waals surface area contributed by atoms with Gasteiger partial charge in [0, 0.05) is 29.2 Å². The van der Waals surface area contributed by atoms with Gasteiger partial charge in [-0.2, -0.15) is 0 Å². The number of hydrogen-bond donors (Lipinski definition) is 1. The topological polar surface area (TPSA) is 34.2 Å². The van der Waals surface area contributed by atoms with E-state index in [-0.39, 0.29) is 0 Å². The fourth-order valence-corrected chi connectivity index (χ4v) is 2.42. The van der Waals surface area contributed by atoms with Crippen LogP contribution in [-0.2, 0) is 4.74 Å². The van der Waals surface area contributed by atoms with Crippen molar-refractivity contribution in [3.63, 3.8) is 0 Å². The maximum Gasteiger partial charge on any atom is 0.129 e. The lowest BCUT2D eigenvalue weighted by molar-refractivity contribution is 0.183. The lowest BCUT2D eigenvalue weighted by Gasteiger charge is -2.20. The van der Waals surface area contributed by atoms with Gasteiger partial charge in [-0.1, -0.05) is 0 Å². The van der Waals surface area contributed by atoms with Crippen molar-refractivity contribution in [2.75, 3.05) is 18.5 Å². The molecule has 1 fully saturated rings. The van der Waals surface area contributed by atoms with Gasteiger partial charge in [0.25, 0.3) is 0 Å². The van der Waals surface area contributed by atoms with Crippen molar-refractivity contribution >= 4 is 21.7 Å². The number of anilines is 1. The van der Waals surface area contributed by atoms with Crippen LogP contribution in [0, 0.1) is 12.8 Å². The number of nitrogens with one attached hydrogen (secondary N) is 1. The summed E-state index contributed by atoms with van der Waals surface area (Å²) in [5, 5.41) is 3.47. The Labute approximate surface area is 105 Å². The van der Waals surface area contributed by atoms with E-state index in [1.165, 1.54) is 5.56 Å². The van der Waals surface area contributed by atoms with E-state index in [1.807, 2.05) is 6.20 Å². The summed E-state index contributed by atoms with van der Waals surface area (Å²) in [6, 6.07) is 2.49. The molecule has 2 rings (SSSR count). The van der Waals surface area contributed by atoms with Gasteiger partial charge in [-0.15, -0.1) is 0 Å². The maximum absolute atomic E-state index is 5.40. The molecule has 1 aliphatic rings. The molecule has 4 heteroatoms. The minimum atomic E-state index is 0.412. The fraction of sp³-hybridized carbons (Fsp3) is 0.583. The molecule has 1 N–H and O–H groups in total. The summed E-state index contributed by atoms with van der Waals surface area (Å²) in [6.07, 6.45) is 2.97. The molecular weight excluding hydrogens is 268 g/mol. The van der Waals surface area contributed by atoms with Crippen molar-refractivity contribution in [2.45, 2.75) is 26.3 Å². The second-order valence-electron chi connectivity index (χ2n) is 4.38. The highest BCUT2D eigenvalue weighted by Crippen LogP contribution is 2.22. The number of ether oxygens (including phenoxy) is 1. The second-order valence-corrected chi connectivity index (χ2v) is 5.29. The Hall–Kier alpha value is -0.610. The van der Waals surface area contributed by atoms with Crippen LogP contribution in [0.4, 0.5) is 5.82 Å². The Morgan fingerprint density at radius 2 is 2.44 bits per heavy atom. The summed E-state index contributed by atoms with van der Waals surface area (Å²) in [7, 11) is 0. The van der Waals surface area contributed by atoms with Crippen LogP contribution < -0.4 is 5.32 Å². The van der Waals surface area contributed by atoms with E-state index in [9.17, 15) is 0 Å². The van der Waals surface area contributed by atoms with E-state index in [0.717, 1.165) is 29.9 Å². The number of pyridine rings is 1. The van der Waals surface area contributed by atoms with Gasteiger partial charge in [0.2, 0.25) is 0 Å². The molecule has 0 saturated carbocycles. The van der Waals surface area contributed by atoms with Crippen LogP contribution in [0.1, 0.15) is 18.9 Å². The first-order valence-electron chi connectivity index (χ1n) is 5.63. The highest BCUT2D eigenvalue weighted by molar-refractivity contribution is 9.10. The first-order valence-corrected chi connectivity index (χ1v) is 6.42. The Morgan fingerprint density at radius 1 is 1.62 bits per heavy atom. The average molecular weight is 285 g/mol. The predicted octanol–water partition coefficient (Wildman–Crippen LogP) is 2.99. The number of hydrogen-bond acceptors (Lipinski definition) is 3. The van der Waals surface area contributed by atoms with Crippen LogP contribution in [0.5, 0.6) is 0 Å². The highest BCUT2D eigenvalue weighted by Gasteiger charge is 2.22. The van der Waals surface area contributed by atoms with Gasteiger partial charge in [0.15, 0.2) is 0 Å². The maximum atomic E-state index is 5.40. The lowest BCUT2D eigenvalue weighted by atomic mass is 10.0. The zero-order valence-electron chi connectivity index (χ0n) is 9.66. The summed E-state index contributed by atoms with van der Waals surface area (Å²) in [5.41, 5.74) is 1.17. The summed E-state index contributed by atoms with van der Waals surface area (Å²) < 4.78 is 6.42. The van der Waals surface area contributed by atoms with Crippen LogP contribution in [0.15, 0.2) is 16.7 Å². The van der Waals surface area contributed by atoms with Crippen LogP contribution in [0.3, 0.4) is 0 Å². The zero-order valence-corrected chi connectivity index (χ0v) is 11.3. The molecule has 3 nitrogen and oxygen atoms in total. The zero-order chi connectivity index (χ0) is 11.5. The van der Waals surface area contributed by atoms with E-state index in [4.69, 9.17) is 4.74 Å². The molecule has 1 aromatic rings. The van der Waals surface area contributed by atoms with E-state index in [2.05, 4.69) is 46.1 Å². The van der Waals surface area contributed by atoms with Gasteiger partial charge in [-0.3, -0.25) is 0 Å². The molecule has 2 atom stereocenters. The standard InChI is InChI=1S/C12H17BrN2O/c1-8-5-11(13)6-14-12(8)15-9(2)10-3-4-16-7-10/h5-6,9-10H,3-4,7H2,1-2H3,(H,14,15). The minimum Gasteiger partial charge on any atom is -0.381 e. The van der Waals surface area contributed by atoms with Gasteiger partial charge < -0.3 is 10.1 Å². The molecule has 1 aromatic heterocycles. The fourth-order valence-electron chi connectivity index (χ4n) is 1.97. The predicted molar refractivity (Wildman–Crippen MR) is 68.7 cm³/mol. The van der Waals surface area contributed by atoms with Crippen molar-refractivity contribution in [3.05, 3.63) is 22.3 Å². The second kappa shape index (κ2) is 5.15. The molecule has 1 aliphatic heterocycles. The molecule has 0 amide bonds. The van der Waals surface area contributed by atoms with Crippen LogP contribution in [-0.4, -0.2) is 24.2 Å². The molecule has 0 spiro atoms. The van der Waals surface area contributed by atoms with E-state index in [1.54, 1.807) is 0 Å². The third-order valence-electron chi connectivity index (χ3n) is 3.08. The van der Waals surface area contributed by atoms with Crippen LogP contribution >= 0.6 is 15.9 Å². The van der Waals surface area contributed by atoms with Crippen molar-refractivity contribution in [1.82, 2.24) is 4.98 Å². The first-order chi connectivity index (χ1) is 7.66. The third-order valence-corrected chi connectivity index (χ3v) is 3.51. The number of rotatable bonds is 3. The van der Waals surface area contributed by atoms with E-state index < -0.39 is 0 Å². The SMILES string of the molecule is Cc1cc(Br)cnc1NC(C)C1CCOC1. The van der Waals surface area contributed by atoms with Crippen molar-refractivity contribution in [3.8, 4) is 0 Å². The highest BCUT2D eigenvalue weighted by atomic mass is 79.9. The normalized spacial score (nSPS) is 22.1. The molecule has 88 valence electrons. The van der Waals surface area contributed by atoms with Gasteiger partial charge in [-0.25, -0.2) is 4.98 Å². The van der Waals surface area contributed by atoms with Crippen molar-refractivity contribution < 1.29 is 4.74 Å². The smallest absolute Gasteiger partial charge is 0.129 e. The van der Waals surface area contributed by atoms with Gasteiger partial charge in [0.05, 0.1) is 6.61 Å². The van der Waals surface area contributed by atoms with Gasteiger partial charge >= 0.3 is 0 Å². The van der Waals surface area contributed by atoms with E-state index >= 15 is 0 Å². The first kappa shape index (κ1) is 11.9. The van der Waals surface area contributed by atoms with Gasteiger partial charge in [-0.05, 0) is 47.8 Å². The van der Waals surface area contributed by atoms with Crippen molar-refractivity contribution in [1.29, 1.82) is 0 Å².